The van der Waals surface area contributed by atoms with E-state index in [1.165, 1.54) is 12.1 Å². The third-order valence-corrected chi connectivity index (χ3v) is 3.48. The normalized spacial score (nSPS) is 14.4. The predicted octanol–water partition coefficient (Wildman–Crippen LogP) is 1.57. The van der Waals surface area contributed by atoms with Gasteiger partial charge in [-0.1, -0.05) is 17.3 Å². The highest BCUT2D eigenvalue weighted by Gasteiger charge is 2.30. The summed E-state index contributed by atoms with van der Waals surface area (Å²) in [5.74, 6) is 0.515. The van der Waals surface area contributed by atoms with Gasteiger partial charge in [-0.15, -0.1) is 5.10 Å². The standard InChI is InChI=1S/C13H15N5O2/c14-7-12-13(10-3-4-10)17(16-15-12)8-9-1-5-11(6-2-9)18(19)20/h1-2,5-6,10H,3-4,7-8,14H2. The molecule has 0 radical (unpaired) electrons. The number of aromatic nitrogens is 3. The Balaban J connectivity index is 1.84. The molecule has 0 amide bonds. The minimum absolute atomic E-state index is 0.0948. The second-order valence-electron chi connectivity index (χ2n) is 4.98. The van der Waals surface area contributed by atoms with E-state index >= 15 is 0 Å². The van der Waals surface area contributed by atoms with E-state index in [0.717, 1.165) is 29.8 Å². The van der Waals surface area contributed by atoms with Gasteiger partial charge in [0.05, 0.1) is 22.9 Å². The molecule has 3 rings (SSSR count). The van der Waals surface area contributed by atoms with Crippen molar-refractivity contribution in [1.29, 1.82) is 0 Å². The van der Waals surface area contributed by atoms with Gasteiger partial charge in [-0.3, -0.25) is 10.1 Å². The Morgan fingerprint density at radius 1 is 1.35 bits per heavy atom. The molecule has 0 unspecified atom stereocenters. The Hall–Kier alpha value is -2.28. The summed E-state index contributed by atoms with van der Waals surface area (Å²) in [6.07, 6.45) is 2.31. The molecule has 1 fully saturated rings. The van der Waals surface area contributed by atoms with E-state index in [2.05, 4.69) is 10.3 Å². The summed E-state index contributed by atoms with van der Waals surface area (Å²) < 4.78 is 1.86. The van der Waals surface area contributed by atoms with Crippen molar-refractivity contribution >= 4 is 5.69 Å². The van der Waals surface area contributed by atoms with E-state index in [4.69, 9.17) is 5.73 Å². The first-order valence-corrected chi connectivity index (χ1v) is 6.54. The average molecular weight is 273 g/mol. The van der Waals surface area contributed by atoms with Gasteiger partial charge in [0.2, 0.25) is 0 Å². The molecule has 1 aliphatic rings. The van der Waals surface area contributed by atoms with Crippen molar-refractivity contribution in [1.82, 2.24) is 15.0 Å². The Morgan fingerprint density at radius 2 is 2.05 bits per heavy atom. The van der Waals surface area contributed by atoms with Crippen LogP contribution in [0.15, 0.2) is 24.3 Å². The van der Waals surface area contributed by atoms with Crippen LogP contribution in [0.5, 0.6) is 0 Å². The van der Waals surface area contributed by atoms with Gasteiger partial charge >= 0.3 is 0 Å². The highest BCUT2D eigenvalue weighted by atomic mass is 16.6. The van der Waals surface area contributed by atoms with Crippen LogP contribution in [0.3, 0.4) is 0 Å². The summed E-state index contributed by atoms with van der Waals surface area (Å²) in [5.41, 5.74) is 8.72. The van der Waals surface area contributed by atoms with Crippen molar-refractivity contribution in [2.24, 2.45) is 5.73 Å². The summed E-state index contributed by atoms with van der Waals surface area (Å²) in [6, 6.07) is 6.51. The molecule has 1 aliphatic carbocycles. The number of non-ortho nitro benzene ring substituents is 1. The van der Waals surface area contributed by atoms with Crippen molar-refractivity contribution in [3.05, 3.63) is 51.3 Å². The number of nitro benzene ring substituents is 1. The maximum absolute atomic E-state index is 10.6. The second kappa shape index (κ2) is 5.01. The number of nitrogens with zero attached hydrogens (tertiary/aromatic N) is 4. The van der Waals surface area contributed by atoms with E-state index in [-0.39, 0.29) is 5.69 Å². The fourth-order valence-corrected chi connectivity index (χ4v) is 2.32. The molecule has 2 aromatic rings. The van der Waals surface area contributed by atoms with E-state index in [1.807, 2.05) is 4.68 Å². The van der Waals surface area contributed by atoms with Crippen LogP contribution in [-0.4, -0.2) is 19.9 Å². The topological polar surface area (TPSA) is 99.9 Å². The molecule has 0 spiro atoms. The third kappa shape index (κ3) is 2.39. The van der Waals surface area contributed by atoms with Crippen LogP contribution in [-0.2, 0) is 13.1 Å². The fraction of sp³-hybridized carbons (Fsp3) is 0.385. The molecule has 7 heteroatoms. The Kier molecular flexibility index (Phi) is 3.19. The molecule has 1 aromatic heterocycles. The Labute approximate surface area is 115 Å². The van der Waals surface area contributed by atoms with Crippen LogP contribution in [0.25, 0.3) is 0 Å². The highest BCUT2D eigenvalue weighted by molar-refractivity contribution is 5.33. The lowest BCUT2D eigenvalue weighted by atomic mass is 10.2. The number of hydrogen-bond donors (Lipinski definition) is 1. The summed E-state index contributed by atoms with van der Waals surface area (Å²) in [4.78, 5) is 10.2. The summed E-state index contributed by atoms with van der Waals surface area (Å²) in [6.45, 7) is 0.961. The molecule has 0 atom stereocenters. The number of nitrogens with two attached hydrogens (primary N) is 1. The average Bonchev–Trinajstić information content (AvgIpc) is 3.21. The number of hydrogen-bond acceptors (Lipinski definition) is 5. The summed E-state index contributed by atoms with van der Waals surface area (Å²) in [7, 11) is 0. The van der Waals surface area contributed by atoms with Crippen molar-refractivity contribution in [3.63, 3.8) is 0 Å². The van der Waals surface area contributed by atoms with Gasteiger partial charge in [0.15, 0.2) is 0 Å². The minimum atomic E-state index is -0.401. The molecule has 0 aliphatic heterocycles. The quantitative estimate of drug-likeness (QED) is 0.658. The van der Waals surface area contributed by atoms with Gasteiger partial charge < -0.3 is 5.73 Å². The molecule has 1 aromatic carbocycles. The maximum Gasteiger partial charge on any atom is 0.269 e. The Morgan fingerprint density at radius 3 is 2.60 bits per heavy atom. The van der Waals surface area contributed by atoms with E-state index in [9.17, 15) is 10.1 Å². The minimum Gasteiger partial charge on any atom is -0.325 e. The number of benzene rings is 1. The molecule has 0 bridgehead atoms. The van der Waals surface area contributed by atoms with Crippen LogP contribution in [0.2, 0.25) is 0 Å². The molecule has 20 heavy (non-hydrogen) atoms. The molecule has 104 valence electrons. The van der Waals surface area contributed by atoms with Crippen molar-refractivity contribution in [3.8, 4) is 0 Å². The van der Waals surface area contributed by atoms with Gasteiger partial charge in [0.1, 0.15) is 0 Å². The zero-order valence-electron chi connectivity index (χ0n) is 10.9. The van der Waals surface area contributed by atoms with Crippen molar-refractivity contribution in [2.75, 3.05) is 0 Å². The first-order chi connectivity index (χ1) is 9.69. The van der Waals surface area contributed by atoms with Crippen LogP contribution >= 0.6 is 0 Å². The van der Waals surface area contributed by atoms with E-state index < -0.39 is 4.92 Å². The van der Waals surface area contributed by atoms with Crippen LogP contribution in [0, 0.1) is 10.1 Å². The fourth-order valence-electron chi connectivity index (χ4n) is 2.32. The molecular formula is C13H15N5O2. The van der Waals surface area contributed by atoms with Crippen LogP contribution in [0.1, 0.15) is 35.7 Å². The van der Waals surface area contributed by atoms with Crippen LogP contribution < -0.4 is 5.73 Å². The van der Waals surface area contributed by atoms with Gasteiger partial charge in [0, 0.05) is 24.6 Å². The summed E-state index contributed by atoms with van der Waals surface area (Å²) >= 11 is 0. The summed E-state index contributed by atoms with van der Waals surface area (Å²) in [5, 5.41) is 18.9. The molecule has 0 saturated heterocycles. The Bertz CT molecular complexity index is 631. The van der Waals surface area contributed by atoms with E-state index in [0.29, 0.717) is 19.0 Å². The maximum atomic E-state index is 10.6. The van der Waals surface area contributed by atoms with Gasteiger partial charge in [-0.05, 0) is 18.4 Å². The second-order valence-corrected chi connectivity index (χ2v) is 4.98. The number of nitro groups is 1. The monoisotopic (exact) mass is 273 g/mol. The smallest absolute Gasteiger partial charge is 0.269 e. The lowest BCUT2D eigenvalue weighted by Gasteiger charge is -2.06. The lowest BCUT2D eigenvalue weighted by molar-refractivity contribution is -0.384. The molecule has 2 N–H and O–H groups in total. The molecular weight excluding hydrogens is 258 g/mol. The molecule has 7 nitrogen and oxygen atoms in total. The van der Waals surface area contributed by atoms with Crippen LogP contribution in [0.4, 0.5) is 5.69 Å². The zero-order chi connectivity index (χ0) is 14.1. The van der Waals surface area contributed by atoms with Crippen molar-refractivity contribution in [2.45, 2.75) is 31.8 Å². The highest BCUT2D eigenvalue weighted by Crippen LogP contribution is 2.41. The predicted molar refractivity (Wildman–Crippen MR) is 72.1 cm³/mol. The molecule has 1 heterocycles. The third-order valence-electron chi connectivity index (χ3n) is 3.48. The molecule has 1 saturated carbocycles. The number of rotatable bonds is 5. The zero-order valence-corrected chi connectivity index (χ0v) is 10.9. The van der Waals surface area contributed by atoms with Gasteiger partial charge in [-0.25, -0.2) is 4.68 Å². The van der Waals surface area contributed by atoms with Gasteiger partial charge in [0.25, 0.3) is 5.69 Å². The first-order valence-electron chi connectivity index (χ1n) is 6.54. The lowest BCUT2D eigenvalue weighted by Crippen LogP contribution is -2.08. The van der Waals surface area contributed by atoms with Gasteiger partial charge in [-0.2, -0.15) is 0 Å². The SMILES string of the molecule is NCc1nnn(Cc2ccc([N+](=O)[O-])cc2)c1C1CC1. The van der Waals surface area contributed by atoms with Crippen molar-refractivity contribution < 1.29 is 4.92 Å². The largest absolute Gasteiger partial charge is 0.325 e. The van der Waals surface area contributed by atoms with E-state index in [1.54, 1.807) is 12.1 Å². The first kappa shape index (κ1) is 12.7.